The van der Waals surface area contributed by atoms with Gasteiger partial charge in [0.05, 0.1) is 48.3 Å². The number of hydrogen-bond acceptors (Lipinski definition) is 9. The number of aromatic nitrogens is 5. The first kappa shape index (κ1) is 38.3. The van der Waals surface area contributed by atoms with E-state index in [1.54, 1.807) is 0 Å². The Labute approximate surface area is 331 Å². The molecule has 57 heavy (non-hydrogen) atoms. The van der Waals surface area contributed by atoms with E-state index in [4.69, 9.17) is 25.2 Å². The summed E-state index contributed by atoms with van der Waals surface area (Å²) in [7, 11) is 1.29. The van der Waals surface area contributed by atoms with Crippen LogP contribution < -0.4 is 11.1 Å². The number of aromatic amines is 2. The van der Waals surface area contributed by atoms with Crippen molar-refractivity contribution in [2.75, 3.05) is 33.4 Å². The highest BCUT2D eigenvalue weighted by Gasteiger charge is 2.39. The SMILES string of the molecule is COC(=O)N[C@H](C(=O)N1CCC[C@H]1c1ncc(-c2ccc(-c3ccc4cc(-c5c[nH]c([C@@H]6CCCN6C(=O)[C@@H](N)C6CCOCC6)n5)cnc4c3)cc2)[nH]1)C(C)C. The maximum atomic E-state index is 13.6. The zero-order valence-corrected chi connectivity index (χ0v) is 32.7. The van der Waals surface area contributed by atoms with Crippen LogP contribution in [0.15, 0.2) is 67.1 Å². The van der Waals surface area contributed by atoms with Crippen molar-refractivity contribution >= 4 is 28.8 Å². The molecule has 5 N–H and O–H groups in total. The predicted molar refractivity (Wildman–Crippen MR) is 215 cm³/mol. The van der Waals surface area contributed by atoms with Crippen LogP contribution in [-0.2, 0) is 19.1 Å². The second-order valence-corrected chi connectivity index (χ2v) is 15.8. The van der Waals surface area contributed by atoms with Gasteiger partial charge in [-0.3, -0.25) is 14.6 Å². The molecular weight excluding hydrogens is 723 g/mol. The van der Waals surface area contributed by atoms with Crippen LogP contribution in [0.3, 0.4) is 0 Å². The van der Waals surface area contributed by atoms with E-state index in [1.165, 1.54) is 7.11 Å². The Bertz CT molecular complexity index is 2230. The molecule has 0 unspecified atom stereocenters. The Kier molecular flexibility index (Phi) is 11.1. The highest BCUT2D eigenvalue weighted by atomic mass is 16.5. The fraction of sp³-hybridized carbons (Fsp3) is 0.442. The molecule has 4 atom stereocenters. The van der Waals surface area contributed by atoms with E-state index < -0.39 is 18.2 Å². The fourth-order valence-corrected chi connectivity index (χ4v) is 8.57. The van der Waals surface area contributed by atoms with E-state index in [2.05, 4.69) is 68.8 Å². The third-order valence-electron chi connectivity index (χ3n) is 11.9. The summed E-state index contributed by atoms with van der Waals surface area (Å²) < 4.78 is 10.2. The number of alkyl carbamates (subject to hydrolysis) is 1. The minimum Gasteiger partial charge on any atom is -0.453 e. The van der Waals surface area contributed by atoms with Gasteiger partial charge in [0, 0.05) is 49.6 Å². The van der Waals surface area contributed by atoms with Gasteiger partial charge in [-0.1, -0.05) is 50.2 Å². The molecule has 14 heteroatoms. The van der Waals surface area contributed by atoms with Gasteiger partial charge in [-0.15, -0.1) is 0 Å². The molecule has 8 rings (SSSR count). The molecule has 3 amide bonds. The zero-order chi connectivity index (χ0) is 39.6. The number of carbonyl (C=O) groups excluding carboxylic acids is 3. The number of H-pyrrole nitrogens is 2. The molecule has 0 saturated carbocycles. The van der Waals surface area contributed by atoms with E-state index in [0.717, 1.165) is 94.7 Å². The van der Waals surface area contributed by atoms with Gasteiger partial charge in [-0.25, -0.2) is 14.8 Å². The number of fused-ring (bicyclic) bond motifs is 1. The maximum Gasteiger partial charge on any atom is 0.407 e. The van der Waals surface area contributed by atoms with Crippen molar-refractivity contribution in [2.45, 2.75) is 76.5 Å². The summed E-state index contributed by atoms with van der Waals surface area (Å²) in [6.07, 6.45) is 9.98. The maximum absolute atomic E-state index is 13.6. The first-order valence-electron chi connectivity index (χ1n) is 20.1. The van der Waals surface area contributed by atoms with Crippen LogP contribution in [0.2, 0.25) is 0 Å². The lowest BCUT2D eigenvalue weighted by Gasteiger charge is -2.32. The van der Waals surface area contributed by atoms with Gasteiger partial charge in [0.1, 0.15) is 17.7 Å². The Balaban J connectivity index is 0.931. The molecule has 0 radical (unpaired) electrons. The fourth-order valence-electron chi connectivity index (χ4n) is 8.57. The van der Waals surface area contributed by atoms with Gasteiger partial charge in [0.2, 0.25) is 11.8 Å². The van der Waals surface area contributed by atoms with E-state index in [0.29, 0.717) is 26.3 Å². The first-order chi connectivity index (χ1) is 27.7. The highest BCUT2D eigenvalue weighted by Crippen LogP contribution is 2.35. The number of ether oxygens (including phenoxy) is 2. The number of hydrogen-bond donors (Lipinski definition) is 4. The van der Waals surface area contributed by atoms with Crippen molar-refractivity contribution in [3.63, 3.8) is 0 Å². The number of likely N-dealkylation sites (tertiary alicyclic amines) is 2. The Hall–Kier alpha value is -5.60. The van der Waals surface area contributed by atoms with E-state index in [-0.39, 0.29) is 35.7 Å². The Morgan fingerprint density at radius 2 is 1.53 bits per heavy atom. The van der Waals surface area contributed by atoms with Crippen molar-refractivity contribution < 1.29 is 23.9 Å². The van der Waals surface area contributed by atoms with Crippen molar-refractivity contribution in [2.24, 2.45) is 17.6 Å². The van der Waals surface area contributed by atoms with E-state index in [1.807, 2.05) is 42.2 Å². The molecule has 0 bridgehead atoms. The second kappa shape index (κ2) is 16.5. The normalized spacial score (nSPS) is 19.9. The molecule has 298 valence electrons. The zero-order valence-electron chi connectivity index (χ0n) is 32.7. The largest absolute Gasteiger partial charge is 0.453 e. The molecule has 5 aromatic rings. The molecule has 3 aromatic heterocycles. The standard InChI is InChI=1S/C43H51N9O5/c1-25(2)38(50-43(55)56-3)42(54)52-17-5-7-36(52)40-46-23-33(48-40)27-10-8-26(9-11-27)29-12-13-30-20-31(22-45-32(30)21-29)34-24-47-39(49-34)35-6-4-16-51(35)41(53)37(44)28-14-18-57-19-15-28/h8-13,20-25,28,35-38H,4-7,14-19,44H2,1-3H3,(H,46,48)(H,47,49)(H,50,55)/t35-,36-,37-,38-/m0/s1. The summed E-state index contributed by atoms with van der Waals surface area (Å²) in [5.41, 5.74) is 13.0. The van der Waals surface area contributed by atoms with Crippen molar-refractivity contribution in [3.8, 4) is 33.6 Å². The quantitative estimate of drug-likeness (QED) is 0.129. The molecule has 3 saturated heterocycles. The predicted octanol–water partition coefficient (Wildman–Crippen LogP) is 6.14. The lowest BCUT2D eigenvalue weighted by molar-refractivity contribution is -0.136. The molecule has 3 aliphatic heterocycles. The smallest absolute Gasteiger partial charge is 0.407 e. The molecule has 3 fully saturated rings. The number of nitrogens with two attached hydrogens (primary N) is 1. The summed E-state index contributed by atoms with van der Waals surface area (Å²) in [6.45, 7) is 6.41. The molecule has 14 nitrogen and oxygen atoms in total. The molecule has 0 aliphatic carbocycles. The number of amides is 3. The summed E-state index contributed by atoms with van der Waals surface area (Å²) in [6, 6.07) is 15.1. The van der Waals surface area contributed by atoms with Crippen LogP contribution in [0.4, 0.5) is 4.79 Å². The molecule has 0 spiro atoms. The summed E-state index contributed by atoms with van der Waals surface area (Å²) in [5, 5.41) is 3.70. The van der Waals surface area contributed by atoms with Gasteiger partial charge in [0.25, 0.3) is 0 Å². The number of nitrogens with one attached hydrogen (secondary N) is 3. The average molecular weight is 774 g/mol. The van der Waals surface area contributed by atoms with Crippen molar-refractivity contribution in [1.82, 2.24) is 40.0 Å². The molecule has 3 aliphatic rings. The van der Waals surface area contributed by atoms with Crippen LogP contribution >= 0.6 is 0 Å². The van der Waals surface area contributed by atoms with Crippen LogP contribution in [-0.4, -0.2) is 98.1 Å². The van der Waals surface area contributed by atoms with Gasteiger partial charge in [0.15, 0.2) is 0 Å². The highest BCUT2D eigenvalue weighted by molar-refractivity contribution is 5.88. The monoisotopic (exact) mass is 773 g/mol. The summed E-state index contributed by atoms with van der Waals surface area (Å²) in [4.78, 5) is 64.0. The number of nitrogens with zero attached hydrogens (tertiary/aromatic N) is 5. The number of methoxy groups -OCH3 is 1. The van der Waals surface area contributed by atoms with Gasteiger partial charge in [-0.2, -0.15) is 0 Å². The molecule has 6 heterocycles. The third-order valence-corrected chi connectivity index (χ3v) is 11.9. The summed E-state index contributed by atoms with van der Waals surface area (Å²) in [5.74, 6) is 1.43. The second-order valence-electron chi connectivity index (χ2n) is 15.8. The van der Waals surface area contributed by atoms with Crippen molar-refractivity contribution in [1.29, 1.82) is 0 Å². The van der Waals surface area contributed by atoms with Crippen LogP contribution in [0.5, 0.6) is 0 Å². The molecular formula is C43H51N9O5. The van der Waals surface area contributed by atoms with Crippen molar-refractivity contribution in [3.05, 3.63) is 78.8 Å². The topological polar surface area (TPSA) is 184 Å². The number of rotatable bonds is 10. The van der Waals surface area contributed by atoms with Gasteiger partial charge >= 0.3 is 6.09 Å². The van der Waals surface area contributed by atoms with E-state index in [9.17, 15) is 14.4 Å². The number of carbonyl (C=O) groups is 3. The van der Waals surface area contributed by atoms with Gasteiger partial charge in [-0.05, 0) is 79.2 Å². The number of imidazole rings is 2. The minimum absolute atomic E-state index is 0.00413. The van der Waals surface area contributed by atoms with Crippen LogP contribution in [0.1, 0.15) is 76.1 Å². The van der Waals surface area contributed by atoms with Gasteiger partial charge < -0.3 is 40.3 Å². The summed E-state index contributed by atoms with van der Waals surface area (Å²) >= 11 is 0. The molecule has 2 aromatic carbocycles. The lowest BCUT2D eigenvalue weighted by atomic mass is 9.91. The lowest BCUT2D eigenvalue weighted by Crippen LogP contribution is -2.51. The Morgan fingerprint density at radius 1 is 0.842 bits per heavy atom. The third kappa shape index (κ3) is 7.88. The average Bonchev–Trinajstić information content (AvgIpc) is 4.09. The first-order valence-corrected chi connectivity index (χ1v) is 20.1. The van der Waals surface area contributed by atoms with Crippen LogP contribution in [0.25, 0.3) is 44.5 Å². The Morgan fingerprint density at radius 3 is 2.25 bits per heavy atom. The number of benzene rings is 2. The number of pyridine rings is 1. The van der Waals surface area contributed by atoms with Crippen LogP contribution in [0, 0.1) is 11.8 Å². The minimum atomic E-state index is -0.683. The van der Waals surface area contributed by atoms with E-state index >= 15 is 0 Å².